The summed E-state index contributed by atoms with van der Waals surface area (Å²) < 4.78 is 30.1. The number of hydrogen-bond acceptors (Lipinski definition) is 5. The number of anilines is 2. The van der Waals surface area contributed by atoms with Gasteiger partial charge in [0.1, 0.15) is 5.75 Å². The van der Waals surface area contributed by atoms with Crippen LogP contribution >= 0.6 is 27.5 Å². The van der Waals surface area contributed by atoms with Gasteiger partial charge < -0.3 is 25.8 Å². The number of nitrogens with zero attached hydrogens (tertiary/aromatic N) is 1. The smallest absolute Gasteiger partial charge is 0.420 e. The van der Waals surface area contributed by atoms with E-state index in [1.807, 2.05) is 4.90 Å². The molecule has 10 heteroatoms. The first-order chi connectivity index (χ1) is 13.1. The van der Waals surface area contributed by atoms with E-state index in [-0.39, 0.29) is 17.7 Å². The summed E-state index contributed by atoms with van der Waals surface area (Å²) in [7, 11) is 0. The van der Waals surface area contributed by atoms with Gasteiger partial charge in [0.15, 0.2) is 0 Å². The number of aliphatic hydroxyl groups excluding tert-OH is 1. The molecule has 1 aliphatic heterocycles. The van der Waals surface area contributed by atoms with E-state index >= 15 is 0 Å². The average Bonchev–Trinajstić information content (AvgIpc) is 2.94. The van der Waals surface area contributed by atoms with Crippen molar-refractivity contribution in [1.29, 1.82) is 0 Å². The molecule has 1 amide bonds. The number of carbonyl (C=O) groups is 1. The molecule has 0 saturated carbocycles. The zero-order valence-corrected chi connectivity index (χ0v) is 16.8. The number of amides is 1. The number of halogens is 4. The number of alkyl halides is 3. The Morgan fingerprint density at radius 1 is 1.29 bits per heavy atom. The third-order valence-corrected chi connectivity index (χ3v) is 4.94. The van der Waals surface area contributed by atoms with E-state index in [1.165, 1.54) is 24.3 Å². The molecule has 1 saturated heterocycles. The second-order valence-electron chi connectivity index (χ2n) is 6.33. The lowest BCUT2D eigenvalue weighted by Gasteiger charge is -2.20. The third kappa shape index (κ3) is 5.11. The molecule has 0 aliphatic carbocycles. The molecule has 2 aromatic rings. The second-order valence-corrected chi connectivity index (χ2v) is 7.62. The van der Waals surface area contributed by atoms with Crippen molar-refractivity contribution in [3.05, 3.63) is 52.5 Å². The Labute approximate surface area is 173 Å². The van der Waals surface area contributed by atoms with Crippen molar-refractivity contribution in [2.75, 3.05) is 23.3 Å². The second kappa shape index (κ2) is 8.20. The van der Waals surface area contributed by atoms with Crippen molar-refractivity contribution >= 4 is 44.8 Å². The van der Waals surface area contributed by atoms with Gasteiger partial charge >= 0.3 is 5.57 Å². The minimum atomic E-state index is -3.80. The fraction of sp³-hybridized carbons (Fsp3) is 0.278. The van der Waals surface area contributed by atoms with Crippen LogP contribution in [0.4, 0.5) is 20.2 Å². The molecule has 0 spiro atoms. The van der Waals surface area contributed by atoms with E-state index in [0.717, 1.165) is 5.69 Å². The molecule has 0 unspecified atom stereocenters. The normalized spacial score (nSPS) is 19.6. The third-order valence-electron chi connectivity index (χ3n) is 4.23. The summed E-state index contributed by atoms with van der Waals surface area (Å²) in [6, 6.07) is 10.1. The molecule has 28 heavy (non-hydrogen) atoms. The van der Waals surface area contributed by atoms with Crippen LogP contribution in [0.3, 0.4) is 0 Å². The Bertz CT molecular complexity index is 854. The maximum atomic E-state index is 12.6. The van der Waals surface area contributed by atoms with E-state index in [1.54, 1.807) is 18.2 Å². The molecule has 4 N–H and O–H groups in total. The predicted octanol–water partition coefficient (Wildman–Crippen LogP) is 3.38. The molecule has 0 radical (unpaired) electrons. The highest BCUT2D eigenvalue weighted by molar-refractivity contribution is 9.10. The number of β-amino-alcohol motifs (C(OH)–C–C–N with tert-alkyl or cyclic N) is 1. The van der Waals surface area contributed by atoms with Crippen LogP contribution in [0.1, 0.15) is 10.4 Å². The standard InChI is InChI=1S/C18H17BrClF2N3O3/c19-13-7-10(1-6-15(13)25-8-14(23)16(26)9-25)17(27)24-11-2-4-12(5-3-11)28-18(20,21)22/h1-7,14,16,26H,8-9,23H2,(H,24,27)/t14-,16-/m0/s1. The molecule has 2 atom stereocenters. The first-order valence-corrected chi connectivity index (χ1v) is 9.45. The SMILES string of the molecule is N[C@H]1CN(c2ccc(C(=O)Nc3ccc(OC(F)(F)Cl)cc3)cc2Br)C[C@@H]1O. The summed E-state index contributed by atoms with van der Waals surface area (Å²) in [5.74, 6) is -0.502. The molecule has 2 aromatic carbocycles. The van der Waals surface area contributed by atoms with Crippen LogP contribution in [0.2, 0.25) is 0 Å². The molecule has 3 rings (SSSR count). The van der Waals surface area contributed by atoms with Crippen molar-refractivity contribution < 1.29 is 23.4 Å². The molecular formula is C18H17BrClF2N3O3. The van der Waals surface area contributed by atoms with Gasteiger partial charge in [0, 0.05) is 46.5 Å². The molecule has 0 aromatic heterocycles. The minimum Gasteiger partial charge on any atom is -0.420 e. The van der Waals surface area contributed by atoms with Crippen molar-refractivity contribution in [3.8, 4) is 5.75 Å². The maximum Gasteiger partial charge on any atom is 0.487 e. The predicted molar refractivity (Wildman–Crippen MR) is 106 cm³/mol. The number of rotatable bonds is 5. The number of nitrogens with one attached hydrogen (secondary N) is 1. The van der Waals surface area contributed by atoms with Crippen molar-refractivity contribution in [3.63, 3.8) is 0 Å². The van der Waals surface area contributed by atoms with Gasteiger partial charge in [0.25, 0.3) is 5.91 Å². The fourth-order valence-corrected chi connectivity index (χ4v) is 3.58. The summed E-state index contributed by atoms with van der Waals surface area (Å²) in [5, 5.41) is 12.5. The van der Waals surface area contributed by atoms with Crippen LogP contribution < -0.4 is 20.7 Å². The minimum absolute atomic E-state index is 0.129. The van der Waals surface area contributed by atoms with Gasteiger partial charge in [-0.3, -0.25) is 4.79 Å². The number of hydrogen-bond donors (Lipinski definition) is 3. The Hall–Kier alpha value is -1.94. The Kier molecular flexibility index (Phi) is 6.09. The van der Waals surface area contributed by atoms with E-state index in [4.69, 9.17) is 17.3 Å². The monoisotopic (exact) mass is 475 g/mol. The number of carbonyl (C=O) groups excluding carboxylic acids is 1. The average molecular weight is 477 g/mol. The summed E-state index contributed by atoms with van der Waals surface area (Å²) >= 11 is 8.15. The lowest BCUT2D eigenvalue weighted by atomic mass is 10.1. The maximum absolute atomic E-state index is 12.6. The van der Waals surface area contributed by atoms with Gasteiger partial charge in [0.05, 0.1) is 11.8 Å². The lowest BCUT2D eigenvalue weighted by molar-refractivity contribution is -0.0964. The Morgan fingerprint density at radius 2 is 1.96 bits per heavy atom. The summed E-state index contributed by atoms with van der Waals surface area (Å²) in [5.41, 5.74) is 3.67. The summed E-state index contributed by atoms with van der Waals surface area (Å²) in [4.78, 5) is 14.4. The van der Waals surface area contributed by atoms with Crippen LogP contribution in [0.5, 0.6) is 5.75 Å². The van der Waals surface area contributed by atoms with Gasteiger partial charge in [-0.25, -0.2) is 0 Å². The number of benzene rings is 2. The lowest BCUT2D eigenvalue weighted by Crippen LogP contribution is -2.32. The highest BCUT2D eigenvalue weighted by atomic mass is 79.9. The van der Waals surface area contributed by atoms with Gasteiger partial charge in [-0.2, -0.15) is 0 Å². The molecule has 1 aliphatic rings. The zero-order chi connectivity index (χ0) is 20.5. The Morgan fingerprint density at radius 3 is 2.50 bits per heavy atom. The van der Waals surface area contributed by atoms with Crippen LogP contribution in [0, 0.1) is 0 Å². The molecule has 1 fully saturated rings. The summed E-state index contributed by atoms with van der Waals surface area (Å²) in [6.45, 7) is 0.933. The number of nitrogens with two attached hydrogens (primary N) is 1. The van der Waals surface area contributed by atoms with Crippen LogP contribution in [0.15, 0.2) is 46.9 Å². The van der Waals surface area contributed by atoms with Crippen LogP contribution in [-0.2, 0) is 0 Å². The molecular weight excluding hydrogens is 460 g/mol. The number of ether oxygens (including phenoxy) is 1. The molecule has 0 bridgehead atoms. The first kappa shape index (κ1) is 20.8. The van der Waals surface area contributed by atoms with Gasteiger partial charge in [-0.15, -0.1) is 8.78 Å². The fourth-order valence-electron chi connectivity index (χ4n) is 2.86. The van der Waals surface area contributed by atoms with E-state index in [0.29, 0.717) is 28.8 Å². The van der Waals surface area contributed by atoms with Crippen LogP contribution in [0.25, 0.3) is 0 Å². The highest BCUT2D eigenvalue weighted by Crippen LogP contribution is 2.30. The molecule has 6 nitrogen and oxygen atoms in total. The largest absolute Gasteiger partial charge is 0.487 e. The van der Waals surface area contributed by atoms with E-state index < -0.39 is 11.7 Å². The summed E-state index contributed by atoms with van der Waals surface area (Å²) in [6.07, 6.45) is -0.597. The molecule has 1 heterocycles. The quantitative estimate of drug-likeness (QED) is 0.576. The van der Waals surface area contributed by atoms with Crippen molar-refractivity contribution in [1.82, 2.24) is 0 Å². The van der Waals surface area contributed by atoms with E-state index in [2.05, 4.69) is 26.0 Å². The highest BCUT2D eigenvalue weighted by Gasteiger charge is 2.29. The van der Waals surface area contributed by atoms with E-state index in [9.17, 15) is 18.7 Å². The molecule has 150 valence electrons. The van der Waals surface area contributed by atoms with Gasteiger partial charge in [-0.05, 0) is 58.4 Å². The van der Waals surface area contributed by atoms with Crippen LogP contribution in [-0.4, -0.2) is 41.8 Å². The van der Waals surface area contributed by atoms with Gasteiger partial charge in [-0.1, -0.05) is 0 Å². The zero-order valence-electron chi connectivity index (χ0n) is 14.4. The van der Waals surface area contributed by atoms with Crippen molar-refractivity contribution in [2.45, 2.75) is 17.7 Å². The topological polar surface area (TPSA) is 87.8 Å². The van der Waals surface area contributed by atoms with Crippen molar-refractivity contribution in [2.24, 2.45) is 5.73 Å². The first-order valence-electron chi connectivity index (χ1n) is 8.28. The Balaban J connectivity index is 1.67. The number of aliphatic hydroxyl groups is 1. The van der Waals surface area contributed by atoms with Gasteiger partial charge in [0.2, 0.25) is 0 Å².